The van der Waals surface area contributed by atoms with E-state index in [-0.39, 0.29) is 6.10 Å². The summed E-state index contributed by atoms with van der Waals surface area (Å²) in [4.78, 5) is 13.5. The molecule has 2 aromatic carbocycles. The average molecular weight is 437 g/mol. The zero-order chi connectivity index (χ0) is 21.2. The minimum atomic E-state index is -0.422. The smallest absolute Gasteiger partial charge is 0.227 e. The Morgan fingerprint density at radius 2 is 2.00 bits per heavy atom. The molecule has 3 heterocycles. The summed E-state index contributed by atoms with van der Waals surface area (Å²) < 4.78 is 20.0. The van der Waals surface area contributed by atoms with Crippen LogP contribution in [0.15, 0.2) is 48.1 Å². The fourth-order valence-electron chi connectivity index (χ4n) is 3.65. The van der Waals surface area contributed by atoms with Crippen molar-refractivity contribution in [3.8, 4) is 16.3 Å². The van der Waals surface area contributed by atoms with Crippen LogP contribution in [0.1, 0.15) is 12.8 Å². The van der Waals surface area contributed by atoms with E-state index in [0.717, 1.165) is 53.2 Å². The zero-order valence-electron chi connectivity index (χ0n) is 16.6. The van der Waals surface area contributed by atoms with Crippen molar-refractivity contribution in [3.05, 3.63) is 53.9 Å². The Balaban J connectivity index is 1.51. The van der Waals surface area contributed by atoms with Gasteiger partial charge in [-0.2, -0.15) is 0 Å². The Morgan fingerprint density at radius 3 is 2.77 bits per heavy atom. The highest BCUT2D eigenvalue weighted by Crippen LogP contribution is 2.36. The molecular weight excluding hydrogens is 415 g/mol. The van der Waals surface area contributed by atoms with Crippen LogP contribution in [0.25, 0.3) is 21.5 Å². The molecule has 0 bridgehead atoms. The normalized spacial score (nSPS) is 14.6. The third-order valence-corrected chi connectivity index (χ3v) is 5.91. The Kier molecular flexibility index (Phi) is 5.35. The number of hydrogen-bond donors (Lipinski definition) is 3. The van der Waals surface area contributed by atoms with Crippen molar-refractivity contribution in [2.24, 2.45) is 0 Å². The molecule has 4 aromatic rings. The second-order valence-electron chi connectivity index (χ2n) is 7.40. The summed E-state index contributed by atoms with van der Waals surface area (Å²) in [5.74, 6) is 0.690. The average Bonchev–Trinajstić information content (AvgIpc) is 3.28. The van der Waals surface area contributed by atoms with Crippen LogP contribution in [0.3, 0.4) is 0 Å². The molecule has 2 aromatic heterocycles. The van der Waals surface area contributed by atoms with E-state index >= 15 is 0 Å². The Labute approximate surface area is 182 Å². The third kappa shape index (κ3) is 4.42. The lowest BCUT2D eigenvalue weighted by Crippen LogP contribution is -2.34. The number of thiazole rings is 1. The number of fused-ring (bicyclic) bond motifs is 1. The van der Waals surface area contributed by atoms with Crippen molar-refractivity contribution in [1.29, 1.82) is 0 Å². The molecule has 0 atom stereocenters. The van der Waals surface area contributed by atoms with Gasteiger partial charge in [0, 0.05) is 40.6 Å². The van der Waals surface area contributed by atoms with Crippen LogP contribution in [-0.4, -0.2) is 34.1 Å². The predicted octanol–water partition coefficient (Wildman–Crippen LogP) is 4.35. The quantitative estimate of drug-likeness (QED) is 0.400. The number of nitrogens with two attached hydrogens (primary N) is 1. The number of nitrogens with zero attached hydrogens (tertiary/aromatic N) is 3. The molecule has 1 aliphatic rings. The first-order valence-corrected chi connectivity index (χ1v) is 10.9. The molecule has 31 heavy (non-hydrogen) atoms. The monoisotopic (exact) mass is 436 g/mol. The predicted molar refractivity (Wildman–Crippen MR) is 121 cm³/mol. The number of anilines is 3. The van der Waals surface area contributed by atoms with Gasteiger partial charge in [-0.3, -0.25) is 0 Å². The molecule has 7 nitrogen and oxygen atoms in total. The molecule has 9 heteroatoms. The van der Waals surface area contributed by atoms with Gasteiger partial charge in [-0.1, -0.05) is 0 Å². The molecule has 1 fully saturated rings. The van der Waals surface area contributed by atoms with Gasteiger partial charge in [0.25, 0.3) is 0 Å². The van der Waals surface area contributed by atoms with Crippen LogP contribution >= 0.6 is 11.3 Å². The van der Waals surface area contributed by atoms with E-state index in [2.05, 4.69) is 25.6 Å². The van der Waals surface area contributed by atoms with Crippen LogP contribution in [0.4, 0.5) is 21.7 Å². The SMILES string of the molecule is Nc1cc(F)cc(Nc2ncc3cc(-c4nccs4)c(OC4CCNCC4)cc3n2)c1. The molecule has 0 amide bonds. The second-order valence-corrected chi connectivity index (χ2v) is 8.30. The molecule has 0 saturated carbocycles. The highest BCUT2D eigenvalue weighted by atomic mass is 32.1. The molecular formula is C22H21FN6OS. The molecule has 1 saturated heterocycles. The first-order valence-electron chi connectivity index (χ1n) is 10.1. The summed E-state index contributed by atoms with van der Waals surface area (Å²) >= 11 is 1.56. The lowest BCUT2D eigenvalue weighted by atomic mass is 10.1. The van der Waals surface area contributed by atoms with E-state index in [1.807, 2.05) is 17.5 Å². The number of rotatable bonds is 5. The highest BCUT2D eigenvalue weighted by molar-refractivity contribution is 7.13. The number of halogens is 1. The number of aromatic nitrogens is 3. The largest absolute Gasteiger partial charge is 0.490 e. The number of nitrogens with one attached hydrogen (secondary N) is 2. The minimum Gasteiger partial charge on any atom is -0.490 e. The maximum absolute atomic E-state index is 13.7. The summed E-state index contributed by atoms with van der Waals surface area (Å²) in [6.45, 7) is 1.88. The van der Waals surface area contributed by atoms with Crippen molar-refractivity contribution in [2.75, 3.05) is 24.1 Å². The first-order chi connectivity index (χ1) is 15.1. The number of ether oxygens (including phenoxy) is 1. The number of piperidine rings is 1. The Morgan fingerprint density at radius 1 is 1.13 bits per heavy atom. The van der Waals surface area contributed by atoms with E-state index in [9.17, 15) is 4.39 Å². The molecule has 1 aliphatic heterocycles. The molecule has 0 unspecified atom stereocenters. The lowest BCUT2D eigenvalue weighted by molar-refractivity contribution is 0.163. The van der Waals surface area contributed by atoms with Crippen LogP contribution < -0.4 is 21.1 Å². The highest BCUT2D eigenvalue weighted by Gasteiger charge is 2.19. The fourth-order valence-corrected chi connectivity index (χ4v) is 4.31. The molecule has 0 aliphatic carbocycles. The van der Waals surface area contributed by atoms with Gasteiger partial charge in [0.15, 0.2) is 0 Å². The zero-order valence-corrected chi connectivity index (χ0v) is 17.5. The van der Waals surface area contributed by atoms with E-state index in [1.165, 1.54) is 12.1 Å². The number of benzene rings is 2. The number of nitrogen functional groups attached to an aromatic ring is 1. The molecule has 158 valence electrons. The topological polar surface area (TPSA) is 98.0 Å². The summed E-state index contributed by atoms with van der Waals surface area (Å²) in [7, 11) is 0. The maximum Gasteiger partial charge on any atom is 0.227 e. The van der Waals surface area contributed by atoms with Gasteiger partial charge in [-0.05, 0) is 50.2 Å². The van der Waals surface area contributed by atoms with Crippen LogP contribution in [0.2, 0.25) is 0 Å². The Hall–Kier alpha value is -3.30. The van der Waals surface area contributed by atoms with Gasteiger partial charge in [0.05, 0.1) is 11.1 Å². The maximum atomic E-state index is 13.7. The van der Waals surface area contributed by atoms with E-state index in [0.29, 0.717) is 17.3 Å². The minimum absolute atomic E-state index is 0.145. The van der Waals surface area contributed by atoms with E-state index in [1.54, 1.807) is 29.8 Å². The lowest BCUT2D eigenvalue weighted by Gasteiger charge is -2.25. The van der Waals surface area contributed by atoms with Gasteiger partial charge < -0.3 is 21.1 Å². The van der Waals surface area contributed by atoms with Gasteiger partial charge in [0.2, 0.25) is 5.95 Å². The van der Waals surface area contributed by atoms with Gasteiger partial charge in [-0.25, -0.2) is 19.3 Å². The summed E-state index contributed by atoms with van der Waals surface area (Å²) in [6, 6.07) is 8.18. The third-order valence-electron chi connectivity index (χ3n) is 5.10. The van der Waals surface area contributed by atoms with Crippen LogP contribution in [-0.2, 0) is 0 Å². The molecule has 5 rings (SSSR count). The van der Waals surface area contributed by atoms with Gasteiger partial charge in [-0.15, -0.1) is 11.3 Å². The fraction of sp³-hybridized carbons (Fsp3) is 0.227. The summed E-state index contributed by atoms with van der Waals surface area (Å²) in [5.41, 5.74) is 8.21. The molecule has 4 N–H and O–H groups in total. The van der Waals surface area contributed by atoms with Gasteiger partial charge >= 0.3 is 0 Å². The molecule has 0 radical (unpaired) electrons. The first kappa shape index (κ1) is 19.7. The molecule has 0 spiro atoms. The second kappa shape index (κ2) is 8.44. The summed E-state index contributed by atoms with van der Waals surface area (Å²) in [6.07, 6.45) is 5.57. The van der Waals surface area contributed by atoms with Crippen molar-refractivity contribution in [2.45, 2.75) is 18.9 Å². The van der Waals surface area contributed by atoms with Crippen LogP contribution in [0.5, 0.6) is 5.75 Å². The van der Waals surface area contributed by atoms with Gasteiger partial charge in [0.1, 0.15) is 22.7 Å². The number of hydrogen-bond acceptors (Lipinski definition) is 8. The van der Waals surface area contributed by atoms with Crippen LogP contribution in [0, 0.1) is 5.82 Å². The van der Waals surface area contributed by atoms with Crippen molar-refractivity contribution in [3.63, 3.8) is 0 Å². The van der Waals surface area contributed by atoms with Crippen molar-refractivity contribution < 1.29 is 9.13 Å². The van der Waals surface area contributed by atoms with E-state index in [4.69, 9.17) is 10.5 Å². The standard InChI is InChI=1S/C22H21FN6OS/c23-14-8-15(24)10-16(9-14)28-22-27-12-13-7-18(21-26-5-6-31-21)20(11-19(13)29-22)30-17-1-3-25-4-2-17/h5-12,17,25H,1-4,24H2,(H,27,28,29). The van der Waals surface area contributed by atoms with E-state index < -0.39 is 5.82 Å². The van der Waals surface area contributed by atoms with Crippen molar-refractivity contribution in [1.82, 2.24) is 20.3 Å². The van der Waals surface area contributed by atoms with Crippen molar-refractivity contribution >= 4 is 39.6 Å². The summed E-state index contributed by atoms with van der Waals surface area (Å²) in [5, 5.41) is 10.1. The Bertz CT molecular complexity index is 1190.